The molecule has 0 amide bonds. The minimum absolute atomic E-state index is 0. The minimum atomic E-state index is -3.36. The molecular formula is C59H52Cl2Hf. The quantitative estimate of drug-likeness (QED) is 0.146. The summed E-state index contributed by atoms with van der Waals surface area (Å²) in [4.78, 5) is 0. The van der Waals surface area contributed by atoms with E-state index in [1.54, 1.807) is 6.58 Å². The van der Waals surface area contributed by atoms with Gasteiger partial charge in [0.15, 0.2) is 0 Å². The van der Waals surface area contributed by atoms with Gasteiger partial charge in [0.1, 0.15) is 0 Å². The second kappa shape index (κ2) is 17.3. The van der Waals surface area contributed by atoms with Crippen LogP contribution in [0.25, 0.3) is 54.9 Å². The number of halogens is 2. The van der Waals surface area contributed by atoms with Crippen molar-refractivity contribution in [2.24, 2.45) is 0 Å². The summed E-state index contributed by atoms with van der Waals surface area (Å²) in [6.07, 6.45) is 8.28. The third-order valence-corrected chi connectivity index (χ3v) is 25.0. The monoisotopic (exact) mass is 1010 g/mol. The summed E-state index contributed by atoms with van der Waals surface area (Å²) in [7, 11) is 0. The molecule has 0 nitrogen and oxygen atoms in total. The van der Waals surface area contributed by atoms with Crippen molar-refractivity contribution in [1.29, 1.82) is 0 Å². The first-order chi connectivity index (χ1) is 29.0. The van der Waals surface area contributed by atoms with E-state index in [-0.39, 0.29) is 39.3 Å². The smallest absolute Gasteiger partial charge is 1.00 e. The molecule has 0 unspecified atom stereocenters. The molecule has 8 aromatic rings. The minimum Gasteiger partial charge on any atom is -1.00 e. The normalized spacial score (nSPS) is 13.1. The Balaban J connectivity index is 0.00000264. The van der Waals surface area contributed by atoms with Gasteiger partial charge >= 0.3 is 366 Å². The second-order valence-corrected chi connectivity index (χ2v) is 28.0. The van der Waals surface area contributed by atoms with Gasteiger partial charge < -0.3 is 24.8 Å². The molecular weight excluding hydrogens is 958 g/mol. The number of fused-ring (bicyclic) bond motifs is 5. The van der Waals surface area contributed by atoms with Gasteiger partial charge in [0.2, 0.25) is 0 Å². The molecule has 0 saturated carbocycles. The van der Waals surface area contributed by atoms with E-state index in [1.165, 1.54) is 88.3 Å². The Hall–Kier alpha value is -4.92. The number of benzene rings is 8. The van der Waals surface area contributed by atoms with Gasteiger partial charge in [-0.2, -0.15) is 0 Å². The molecule has 0 saturated heterocycles. The van der Waals surface area contributed by atoms with Crippen molar-refractivity contribution in [1.82, 2.24) is 0 Å². The maximum Gasteiger partial charge on any atom is -1.00 e. The van der Waals surface area contributed by atoms with Gasteiger partial charge in [-0.3, -0.25) is 0 Å². The zero-order valence-corrected chi connectivity index (χ0v) is 41.5. The van der Waals surface area contributed by atoms with Crippen LogP contribution >= 0.6 is 0 Å². The third-order valence-electron chi connectivity index (χ3n) is 12.8. The molecule has 2 aliphatic rings. The molecule has 0 radical (unpaired) electrons. The molecule has 0 aromatic heterocycles. The number of allylic oxidation sites excluding steroid dienone is 4. The Labute approximate surface area is 388 Å². The van der Waals surface area contributed by atoms with Gasteiger partial charge in [0.25, 0.3) is 0 Å². The molecule has 62 heavy (non-hydrogen) atoms. The molecule has 0 heterocycles. The van der Waals surface area contributed by atoms with Crippen LogP contribution in [0.2, 0.25) is 0 Å². The van der Waals surface area contributed by atoms with Crippen LogP contribution < -0.4 is 24.8 Å². The summed E-state index contributed by atoms with van der Waals surface area (Å²) in [5.74, 6) is 0. The van der Waals surface area contributed by atoms with Gasteiger partial charge in [0.05, 0.1) is 0 Å². The van der Waals surface area contributed by atoms with Crippen LogP contribution in [0.1, 0.15) is 85.0 Å². The van der Waals surface area contributed by atoms with Crippen LogP contribution in [0.4, 0.5) is 0 Å². The second-order valence-electron chi connectivity index (χ2n) is 18.9. The van der Waals surface area contributed by atoms with Crippen molar-refractivity contribution >= 4 is 24.8 Å². The Morgan fingerprint density at radius 1 is 0.452 bits per heavy atom. The van der Waals surface area contributed by atoms with Crippen LogP contribution in [0.5, 0.6) is 0 Å². The molecule has 0 fully saturated rings. The van der Waals surface area contributed by atoms with Crippen LogP contribution in [0, 0.1) is 0 Å². The van der Waals surface area contributed by atoms with E-state index < -0.39 is 21.0 Å². The zero-order chi connectivity index (χ0) is 41.2. The van der Waals surface area contributed by atoms with Crippen molar-refractivity contribution in [2.45, 2.75) is 62.5 Å². The molecule has 0 aliphatic heterocycles. The van der Waals surface area contributed by atoms with Crippen molar-refractivity contribution in [3.63, 3.8) is 0 Å². The van der Waals surface area contributed by atoms with Gasteiger partial charge in [-0.25, -0.2) is 0 Å². The van der Waals surface area contributed by atoms with Crippen molar-refractivity contribution < 1.29 is 45.8 Å². The summed E-state index contributed by atoms with van der Waals surface area (Å²) in [6.45, 7) is 14.3. The van der Waals surface area contributed by atoms with Crippen LogP contribution in [0.15, 0.2) is 191 Å². The van der Waals surface area contributed by atoms with Gasteiger partial charge in [-0.05, 0) is 0 Å². The van der Waals surface area contributed by atoms with Gasteiger partial charge in [-0.15, -0.1) is 0 Å². The molecule has 2 aliphatic carbocycles. The zero-order valence-electron chi connectivity index (χ0n) is 36.4. The predicted molar refractivity (Wildman–Crippen MR) is 255 cm³/mol. The molecule has 0 bridgehead atoms. The molecule has 10 rings (SSSR count). The molecule has 0 spiro atoms. The van der Waals surface area contributed by atoms with Crippen LogP contribution in [-0.2, 0) is 31.8 Å². The first kappa shape index (κ1) is 43.7. The number of hydrogen-bond donors (Lipinski definition) is 0. The molecule has 8 aromatic carbocycles. The molecule has 0 N–H and O–H groups in total. The van der Waals surface area contributed by atoms with Crippen molar-refractivity contribution in [3.05, 3.63) is 225 Å². The first-order valence-corrected chi connectivity index (χ1v) is 27.3. The Bertz CT molecular complexity index is 2880. The maximum absolute atomic E-state index is 3.36. The average Bonchev–Trinajstić information content (AvgIpc) is 3.91. The van der Waals surface area contributed by atoms with Crippen molar-refractivity contribution in [2.75, 3.05) is 0 Å². The number of rotatable bonds is 6. The SMILES string of the molecule is CC(C)(C)c1cc2c(cc1-c1ccccc1)[CH]([Hf+2]([C]1=CC=CC1)=[C](c1ccc3ccccc3c1)c1ccc3ccccc3c1)c1cc(-c3ccccc3)c(C(C)(C)C)cc1-2.[Cl-].[Cl-]. The predicted octanol–water partition coefficient (Wildman–Crippen LogP) is 9.73. The van der Waals surface area contributed by atoms with Crippen molar-refractivity contribution in [3.8, 4) is 33.4 Å². The summed E-state index contributed by atoms with van der Waals surface area (Å²) in [5.41, 5.74) is 16.6. The van der Waals surface area contributed by atoms with E-state index in [0.29, 0.717) is 0 Å². The average molecular weight is 1010 g/mol. The summed E-state index contributed by atoms with van der Waals surface area (Å²) < 4.78 is 3.53. The van der Waals surface area contributed by atoms with Gasteiger partial charge in [-0.1, -0.05) is 0 Å². The Kier molecular flexibility index (Phi) is 12.2. The molecule has 306 valence electrons. The van der Waals surface area contributed by atoms with Gasteiger partial charge in [0, 0.05) is 0 Å². The topological polar surface area (TPSA) is 0 Å². The fourth-order valence-electron chi connectivity index (χ4n) is 9.91. The first-order valence-electron chi connectivity index (χ1n) is 21.6. The summed E-state index contributed by atoms with van der Waals surface area (Å²) in [5, 5.41) is 5.17. The molecule has 0 atom stereocenters. The number of hydrogen-bond acceptors (Lipinski definition) is 0. The Morgan fingerprint density at radius 3 is 1.27 bits per heavy atom. The van der Waals surface area contributed by atoms with E-state index in [0.717, 1.165) is 6.42 Å². The fourth-order valence-corrected chi connectivity index (χ4v) is 22.9. The standard InChI is InChI=1S/C33H33.C21H14.C5H5.2ClH.Hf/c1-32(2,3)30-20-26-24(18-28(30)22-13-9-7-10-14-22)17-25-19-29(23-15-11-8-12-16-23)31(21-27(25)26)33(4,5)6;1-3-7-20-14-16(9-11-18(20)5-1)13-17-10-12-19-6-2-4-8-21(19)15-17;1-2-4-5-3-1;;;/h7-21H,1-6H3;1-12,14-15H;1-3H,4H2;2*1H;/q;;;;;+2/p-2. The third kappa shape index (κ3) is 7.98. The van der Waals surface area contributed by atoms with E-state index in [1.807, 2.05) is 0 Å². The summed E-state index contributed by atoms with van der Waals surface area (Å²) >= 11 is -3.36. The Morgan fingerprint density at radius 2 is 0.871 bits per heavy atom. The maximum atomic E-state index is 2.65. The fraction of sp³-hybridized carbons (Fsp3) is 0.169. The van der Waals surface area contributed by atoms with E-state index in [2.05, 4.69) is 230 Å². The largest absolute Gasteiger partial charge is 1.00 e. The molecule has 3 heteroatoms. The van der Waals surface area contributed by atoms with E-state index >= 15 is 0 Å². The van der Waals surface area contributed by atoms with Crippen LogP contribution in [-0.4, -0.2) is 3.26 Å². The van der Waals surface area contributed by atoms with Crippen LogP contribution in [0.3, 0.4) is 0 Å². The van der Waals surface area contributed by atoms with E-state index in [4.69, 9.17) is 0 Å². The summed E-state index contributed by atoms with van der Waals surface area (Å²) in [6, 6.07) is 65.2. The van der Waals surface area contributed by atoms with E-state index in [9.17, 15) is 0 Å².